The fraction of sp³-hybridized carbons (Fsp3) is 0.833. The molecule has 66 valence electrons. The molecule has 11 heavy (non-hydrogen) atoms. The minimum Gasteiger partial charge on any atom is -0.480 e. The van der Waals surface area contributed by atoms with Gasteiger partial charge < -0.3 is 15.5 Å². The highest BCUT2D eigenvalue weighted by molar-refractivity contribution is 5.85. The molecule has 1 heterocycles. The third kappa shape index (κ3) is 3.05. The highest BCUT2D eigenvalue weighted by Gasteiger charge is 2.23. The average molecular weight is 182 g/mol. The Hall–Kier alpha value is -0.320. The highest BCUT2D eigenvalue weighted by Crippen LogP contribution is 2.07. The van der Waals surface area contributed by atoms with E-state index in [1.54, 1.807) is 0 Å². The minimum absolute atomic E-state index is 0. The number of rotatable bonds is 1. The van der Waals surface area contributed by atoms with Crippen molar-refractivity contribution in [2.24, 2.45) is 0 Å². The van der Waals surface area contributed by atoms with E-state index in [4.69, 9.17) is 10.2 Å². The number of halogens is 1. The third-order valence-electron chi connectivity index (χ3n) is 1.69. The van der Waals surface area contributed by atoms with Crippen LogP contribution in [0.25, 0.3) is 0 Å². The van der Waals surface area contributed by atoms with E-state index in [2.05, 4.69) is 5.32 Å². The maximum Gasteiger partial charge on any atom is 0.320 e. The first-order chi connectivity index (χ1) is 4.70. The largest absolute Gasteiger partial charge is 0.480 e. The molecule has 0 saturated carbocycles. The second-order valence-electron chi connectivity index (χ2n) is 2.53. The summed E-state index contributed by atoms with van der Waals surface area (Å²) in [6.07, 6.45) is 0.746. The van der Waals surface area contributed by atoms with E-state index in [0.717, 1.165) is 0 Å². The van der Waals surface area contributed by atoms with Crippen molar-refractivity contribution in [3.63, 3.8) is 0 Å². The van der Waals surface area contributed by atoms with Gasteiger partial charge in [0.1, 0.15) is 6.04 Å². The molecule has 4 nitrogen and oxygen atoms in total. The molecule has 0 aromatic rings. The maximum absolute atomic E-state index is 10.3. The van der Waals surface area contributed by atoms with E-state index in [0.29, 0.717) is 19.4 Å². The topological polar surface area (TPSA) is 69.6 Å². The van der Waals surface area contributed by atoms with Crippen LogP contribution < -0.4 is 5.32 Å². The minimum atomic E-state index is -0.827. The standard InChI is InChI=1S/C6H11NO3.ClH/c8-4-1-2-5(6(9)10)7-3-4;/h4-5,7-8H,1-3H2,(H,9,10);1H/t4-,5+;/m0./s1. The number of hydrogen-bond acceptors (Lipinski definition) is 3. The third-order valence-corrected chi connectivity index (χ3v) is 1.69. The van der Waals surface area contributed by atoms with Crippen LogP contribution in [0.3, 0.4) is 0 Å². The molecule has 1 aliphatic rings. The van der Waals surface area contributed by atoms with Crippen molar-refractivity contribution < 1.29 is 15.0 Å². The number of piperidine rings is 1. The van der Waals surface area contributed by atoms with Gasteiger partial charge in [0.05, 0.1) is 6.10 Å². The molecule has 0 spiro atoms. The number of hydrogen-bond donors (Lipinski definition) is 3. The molecule has 2 atom stereocenters. The molecule has 0 aromatic heterocycles. The molecule has 1 rings (SSSR count). The number of carboxylic acids is 1. The molecule has 0 unspecified atom stereocenters. The summed E-state index contributed by atoms with van der Waals surface area (Å²) in [5.41, 5.74) is 0. The van der Waals surface area contributed by atoms with Crippen LogP contribution in [0, 0.1) is 0 Å². The first-order valence-corrected chi connectivity index (χ1v) is 3.34. The monoisotopic (exact) mass is 181 g/mol. The van der Waals surface area contributed by atoms with Gasteiger partial charge in [-0.2, -0.15) is 0 Å². The summed E-state index contributed by atoms with van der Waals surface area (Å²) in [7, 11) is 0. The van der Waals surface area contributed by atoms with Crippen molar-refractivity contribution in [1.82, 2.24) is 5.32 Å². The number of carboxylic acid groups (broad SMARTS) is 1. The maximum atomic E-state index is 10.3. The highest BCUT2D eigenvalue weighted by atomic mass is 35.5. The molecule has 1 aliphatic heterocycles. The summed E-state index contributed by atoms with van der Waals surface area (Å²) in [5, 5.41) is 20.2. The van der Waals surface area contributed by atoms with Crippen LogP contribution in [0.1, 0.15) is 12.8 Å². The average Bonchev–Trinajstić information content (AvgIpc) is 1.88. The van der Waals surface area contributed by atoms with Gasteiger partial charge in [0.2, 0.25) is 0 Å². The summed E-state index contributed by atoms with van der Waals surface area (Å²) in [4.78, 5) is 10.3. The van der Waals surface area contributed by atoms with E-state index < -0.39 is 12.0 Å². The van der Waals surface area contributed by atoms with Crippen molar-refractivity contribution in [1.29, 1.82) is 0 Å². The summed E-state index contributed by atoms with van der Waals surface area (Å²) in [6, 6.07) is -0.455. The molecule has 1 saturated heterocycles. The number of β-amino-alcohol motifs (C(OH)–C–C–N with tert-alkyl or cyclic N) is 1. The lowest BCUT2D eigenvalue weighted by Gasteiger charge is -2.23. The Labute approximate surface area is 71.0 Å². The molecule has 0 bridgehead atoms. The Kier molecular flexibility index (Phi) is 4.40. The zero-order valence-corrected chi connectivity index (χ0v) is 6.80. The molecule has 0 radical (unpaired) electrons. The Morgan fingerprint density at radius 2 is 2.09 bits per heavy atom. The normalized spacial score (nSPS) is 30.6. The molecular weight excluding hydrogens is 170 g/mol. The van der Waals surface area contributed by atoms with Crippen LogP contribution in [0.15, 0.2) is 0 Å². The van der Waals surface area contributed by atoms with Gasteiger partial charge in [-0.3, -0.25) is 4.79 Å². The molecule has 1 fully saturated rings. The molecule has 0 aromatic carbocycles. The molecule has 0 aliphatic carbocycles. The molecule has 0 amide bonds. The second-order valence-corrected chi connectivity index (χ2v) is 2.53. The number of nitrogens with one attached hydrogen (secondary N) is 1. The van der Waals surface area contributed by atoms with E-state index in [1.807, 2.05) is 0 Å². The first-order valence-electron chi connectivity index (χ1n) is 3.34. The Balaban J connectivity index is 0.000001000. The van der Waals surface area contributed by atoms with Crippen molar-refractivity contribution in [2.45, 2.75) is 25.0 Å². The number of aliphatic hydroxyl groups excluding tert-OH is 1. The summed E-state index contributed by atoms with van der Waals surface area (Å²) in [6.45, 7) is 0.400. The zero-order chi connectivity index (χ0) is 7.56. The van der Waals surface area contributed by atoms with E-state index >= 15 is 0 Å². The smallest absolute Gasteiger partial charge is 0.320 e. The predicted octanol–water partition coefficient (Wildman–Crippen LogP) is -0.394. The van der Waals surface area contributed by atoms with Crippen LogP contribution in [-0.4, -0.2) is 34.9 Å². The van der Waals surface area contributed by atoms with Crippen LogP contribution >= 0.6 is 12.4 Å². The van der Waals surface area contributed by atoms with E-state index in [1.165, 1.54) is 0 Å². The van der Waals surface area contributed by atoms with Gasteiger partial charge in [0.25, 0.3) is 0 Å². The van der Waals surface area contributed by atoms with Crippen LogP contribution in [0.4, 0.5) is 0 Å². The zero-order valence-electron chi connectivity index (χ0n) is 5.99. The van der Waals surface area contributed by atoms with Gasteiger partial charge in [-0.25, -0.2) is 0 Å². The van der Waals surface area contributed by atoms with Gasteiger partial charge in [0.15, 0.2) is 0 Å². The Morgan fingerprint density at radius 3 is 2.45 bits per heavy atom. The lowest BCUT2D eigenvalue weighted by molar-refractivity contribution is -0.140. The Bertz CT molecular complexity index is 134. The summed E-state index contributed by atoms with van der Waals surface area (Å²) in [5.74, 6) is -0.827. The summed E-state index contributed by atoms with van der Waals surface area (Å²) >= 11 is 0. The lowest BCUT2D eigenvalue weighted by Crippen LogP contribution is -2.45. The Morgan fingerprint density at radius 1 is 1.45 bits per heavy atom. The summed E-state index contributed by atoms with van der Waals surface area (Å²) < 4.78 is 0. The van der Waals surface area contributed by atoms with Gasteiger partial charge in [-0.15, -0.1) is 12.4 Å². The van der Waals surface area contributed by atoms with Crippen LogP contribution in [0.2, 0.25) is 0 Å². The van der Waals surface area contributed by atoms with Crippen molar-refractivity contribution >= 4 is 18.4 Å². The van der Waals surface area contributed by atoms with Crippen molar-refractivity contribution in [3.8, 4) is 0 Å². The van der Waals surface area contributed by atoms with Gasteiger partial charge >= 0.3 is 5.97 Å². The van der Waals surface area contributed by atoms with Gasteiger partial charge in [0, 0.05) is 6.54 Å². The predicted molar refractivity (Wildman–Crippen MR) is 41.9 cm³/mol. The molecular formula is C6H12ClNO3. The van der Waals surface area contributed by atoms with Crippen molar-refractivity contribution in [3.05, 3.63) is 0 Å². The van der Waals surface area contributed by atoms with Crippen LogP contribution in [-0.2, 0) is 4.79 Å². The molecule has 5 heteroatoms. The molecule has 3 N–H and O–H groups in total. The quantitative estimate of drug-likeness (QED) is 0.515. The van der Waals surface area contributed by atoms with Gasteiger partial charge in [-0.05, 0) is 12.8 Å². The first kappa shape index (κ1) is 10.7. The van der Waals surface area contributed by atoms with Crippen molar-refractivity contribution in [2.75, 3.05) is 6.54 Å². The lowest BCUT2D eigenvalue weighted by atomic mass is 10.0. The van der Waals surface area contributed by atoms with Crippen LogP contribution in [0.5, 0.6) is 0 Å². The number of carbonyl (C=O) groups is 1. The number of aliphatic carboxylic acids is 1. The fourth-order valence-electron chi connectivity index (χ4n) is 1.05. The number of aliphatic hydroxyl groups is 1. The van der Waals surface area contributed by atoms with E-state index in [-0.39, 0.29) is 18.5 Å². The van der Waals surface area contributed by atoms with Gasteiger partial charge in [-0.1, -0.05) is 0 Å². The second kappa shape index (κ2) is 4.54. The fourth-order valence-corrected chi connectivity index (χ4v) is 1.05. The SMILES string of the molecule is Cl.O=C(O)[C@H]1CC[C@H](O)CN1. The van der Waals surface area contributed by atoms with E-state index in [9.17, 15) is 4.79 Å².